The lowest BCUT2D eigenvalue weighted by molar-refractivity contribution is -0.137. The first-order valence-corrected chi connectivity index (χ1v) is 5.18. The number of rotatable bonds is 2. The molecule has 0 aromatic heterocycles. The highest BCUT2D eigenvalue weighted by Crippen LogP contribution is 2.31. The van der Waals surface area contributed by atoms with Crippen LogP contribution in [-0.4, -0.2) is 5.11 Å². The lowest BCUT2D eigenvalue weighted by Crippen LogP contribution is -2.05. The summed E-state index contributed by atoms with van der Waals surface area (Å²) in [5.41, 5.74) is 0.123. The molecule has 2 aromatic rings. The van der Waals surface area contributed by atoms with Gasteiger partial charge < -0.3 is 10.4 Å². The molecule has 0 aliphatic heterocycles. The third-order valence-corrected chi connectivity index (χ3v) is 2.32. The van der Waals surface area contributed by atoms with E-state index in [4.69, 9.17) is 0 Å². The highest BCUT2D eigenvalue weighted by Gasteiger charge is 2.30. The summed E-state index contributed by atoms with van der Waals surface area (Å²) in [6.45, 7) is 0. The fourth-order valence-corrected chi connectivity index (χ4v) is 1.52. The Labute approximate surface area is 102 Å². The Hall–Kier alpha value is -2.17. The molecule has 18 heavy (non-hydrogen) atoms. The average Bonchev–Trinajstić information content (AvgIpc) is 2.28. The van der Waals surface area contributed by atoms with Crippen LogP contribution < -0.4 is 5.32 Å². The third kappa shape index (κ3) is 2.94. The zero-order valence-electron chi connectivity index (χ0n) is 9.20. The van der Waals surface area contributed by atoms with Crippen molar-refractivity contribution in [1.82, 2.24) is 0 Å². The second-order valence-corrected chi connectivity index (χ2v) is 3.75. The minimum absolute atomic E-state index is 0.0481. The quantitative estimate of drug-likeness (QED) is 0.842. The fourth-order valence-electron chi connectivity index (χ4n) is 1.52. The fraction of sp³-hybridized carbons (Fsp3) is 0.0769. The zero-order chi connectivity index (χ0) is 13.2. The van der Waals surface area contributed by atoms with E-state index in [1.807, 2.05) is 0 Å². The molecule has 0 saturated carbocycles. The van der Waals surface area contributed by atoms with Gasteiger partial charge in [-0.3, -0.25) is 0 Å². The first-order chi connectivity index (χ1) is 8.45. The molecule has 0 amide bonds. The molecular weight excluding hydrogens is 243 g/mol. The SMILES string of the molecule is Oc1cccc(Nc2cccc(C(F)(F)F)c2)c1. The summed E-state index contributed by atoms with van der Waals surface area (Å²) in [5.74, 6) is 0.0481. The molecule has 0 spiro atoms. The van der Waals surface area contributed by atoms with Crippen molar-refractivity contribution in [2.75, 3.05) is 5.32 Å². The number of anilines is 2. The number of phenols is 1. The molecule has 2 rings (SSSR count). The van der Waals surface area contributed by atoms with Gasteiger partial charge in [0.1, 0.15) is 5.75 Å². The van der Waals surface area contributed by atoms with E-state index in [0.29, 0.717) is 11.4 Å². The van der Waals surface area contributed by atoms with Gasteiger partial charge in [0.25, 0.3) is 0 Å². The van der Waals surface area contributed by atoms with Crippen molar-refractivity contribution in [2.24, 2.45) is 0 Å². The minimum Gasteiger partial charge on any atom is -0.508 e. The van der Waals surface area contributed by atoms with Gasteiger partial charge in [-0.05, 0) is 30.3 Å². The van der Waals surface area contributed by atoms with Crippen LogP contribution in [0, 0.1) is 0 Å². The van der Waals surface area contributed by atoms with Gasteiger partial charge in [0.05, 0.1) is 5.56 Å². The molecule has 0 atom stereocenters. The Morgan fingerprint density at radius 2 is 1.50 bits per heavy atom. The van der Waals surface area contributed by atoms with Gasteiger partial charge in [-0.25, -0.2) is 0 Å². The van der Waals surface area contributed by atoms with Crippen LogP contribution in [0.1, 0.15) is 5.56 Å². The molecule has 2 nitrogen and oxygen atoms in total. The molecule has 5 heteroatoms. The normalized spacial score (nSPS) is 11.3. The Morgan fingerprint density at radius 3 is 2.11 bits per heavy atom. The molecule has 0 aliphatic rings. The number of nitrogens with one attached hydrogen (secondary N) is 1. The van der Waals surface area contributed by atoms with E-state index in [2.05, 4.69) is 5.32 Å². The minimum atomic E-state index is -4.36. The van der Waals surface area contributed by atoms with Gasteiger partial charge in [0.15, 0.2) is 0 Å². The highest BCUT2D eigenvalue weighted by atomic mass is 19.4. The first kappa shape index (κ1) is 12.3. The van der Waals surface area contributed by atoms with Crippen LogP contribution in [0.25, 0.3) is 0 Å². The van der Waals surface area contributed by atoms with Crippen molar-refractivity contribution >= 4 is 11.4 Å². The molecule has 0 saturated heterocycles. The summed E-state index contributed by atoms with van der Waals surface area (Å²) >= 11 is 0. The number of benzene rings is 2. The number of hydrogen-bond donors (Lipinski definition) is 2. The van der Waals surface area contributed by atoms with Crippen LogP contribution in [0.15, 0.2) is 48.5 Å². The molecule has 0 aliphatic carbocycles. The van der Waals surface area contributed by atoms with Crippen LogP contribution in [0.5, 0.6) is 5.75 Å². The van der Waals surface area contributed by atoms with Gasteiger partial charge >= 0.3 is 6.18 Å². The van der Waals surface area contributed by atoms with Crippen LogP contribution in [0.3, 0.4) is 0 Å². The largest absolute Gasteiger partial charge is 0.508 e. The maximum atomic E-state index is 12.5. The van der Waals surface area contributed by atoms with Gasteiger partial charge in [-0.2, -0.15) is 13.2 Å². The van der Waals surface area contributed by atoms with Crippen molar-refractivity contribution < 1.29 is 18.3 Å². The monoisotopic (exact) mass is 253 g/mol. The van der Waals surface area contributed by atoms with Gasteiger partial charge in [0.2, 0.25) is 0 Å². The number of aromatic hydroxyl groups is 1. The lowest BCUT2D eigenvalue weighted by atomic mass is 10.2. The molecule has 0 fully saturated rings. The van der Waals surface area contributed by atoms with Crippen molar-refractivity contribution in [2.45, 2.75) is 6.18 Å². The van der Waals surface area contributed by atoms with Gasteiger partial charge in [0, 0.05) is 17.4 Å². The number of phenolic OH excluding ortho intramolecular Hbond substituents is 1. The van der Waals surface area contributed by atoms with Crippen molar-refractivity contribution in [3.63, 3.8) is 0 Å². The van der Waals surface area contributed by atoms with Gasteiger partial charge in [-0.15, -0.1) is 0 Å². The van der Waals surface area contributed by atoms with Crippen molar-refractivity contribution in [1.29, 1.82) is 0 Å². The van der Waals surface area contributed by atoms with E-state index < -0.39 is 11.7 Å². The maximum absolute atomic E-state index is 12.5. The van der Waals surface area contributed by atoms with E-state index in [1.54, 1.807) is 12.1 Å². The van der Waals surface area contributed by atoms with Crippen LogP contribution >= 0.6 is 0 Å². The zero-order valence-corrected chi connectivity index (χ0v) is 9.20. The predicted molar refractivity (Wildman–Crippen MR) is 62.8 cm³/mol. The molecule has 0 heterocycles. The van der Waals surface area contributed by atoms with Crippen LogP contribution in [0.2, 0.25) is 0 Å². The van der Waals surface area contributed by atoms with E-state index >= 15 is 0 Å². The summed E-state index contributed by atoms with van der Waals surface area (Å²) < 4.78 is 37.5. The topological polar surface area (TPSA) is 32.3 Å². The molecular formula is C13H10F3NO. The summed E-state index contributed by atoms with van der Waals surface area (Å²) in [5, 5.41) is 12.1. The molecule has 0 bridgehead atoms. The first-order valence-electron chi connectivity index (χ1n) is 5.18. The summed E-state index contributed by atoms with van der Waals surface area (Å²) in [4.78, 5) is 0. The predicted octanol–water partition coefficient (Wildman–Crippen LogP) is 4.15. The Morgan fingerprint density at radius 1 is 0.889 bits per heavy atom. The van der Waals surface area contributed by atoms with E-state index in [0.717, 1.165) is 12.1 Å². The smallest absolute Gasteiger partial charge is 0.416 e. The second kappa shape index (κ2) is 4.60. The second-order valence-electron chi connectivity index (χ2n) is 3.75. The summed E-state index contributed by atoms with van der Waals surface area (Å²) in [6, 6.07) is 11.0. The van der Waals surface area contributed by atoms with Crippen molar-refractivity contribution in [3.8, 4) is 5.75 Å². The maximum Gasteiger partial charge on any atom is 0.416 e. The molecule has 2 aromatic carbocycles. The van der Waals surface area contributed by atoms with E-state index in [1.165, 1.54) is 24.3 Å². The molecule has 2 N–H and O–H groups in total. The Bertz CT molecular complexity index is 552. The summed E-state index contributed by atoms with van der Waals surface area (Å²) in [7, 11) is 0. The Kier molecular flexibility index (Phi) is 3.14. The number of halogens is 3. The lowest BCUT2D eigenvalue weighted by Gasteiger charge is -2.10. The van der Waals surface area contributed by atoms with E-state index in [9.17, 15) is 18.3 Å². The van der Waals surface area contributed by atoms with Gasteiger partial charge in [-0.1, -0.05) is 12.1 Å². The highest BCUT2D eigenvalue weighted by molar-refractivity contribution is 5.61. The number of alkyl halides is 3. The standard InChI is InChI=1S/C13H10F3NO/c14-13(15,16)9-3-1-4-10(7-9)17-11-5-2-6-12(18)8-11/h1-8,17-18H. The third-order valence-electron chi connectivity index (χ3n) is 2.32. The van der Waals surface area contributed by atoms with Crippen LogP contribution in [0.4, 0.5) is 24.5 Å². The van der Waals surface area contributed by atoms with Crippen LogP contribution in [-0.2, 0) is 6.18 Å². The molecule has 0 unspecified atom stereocenters. The summed E-state index contributed by atoms with van der Waals surface area (Å²) in [6.07, 6.45) is -4.36. The van der Waals surface area contributed by atoms with Crippen molar-refractivity contribution in [3.05, 3.63) is 54.1 Å². The van der Waals surface area contributed by atoms with E-state index in [-0.39, 0.29) is 5.75 Å². The Balaban J connectivity index is 2.25. The molecule has 0 radical (unpaired) electrons. The number of hydrogen-bond acceptors (Lipinski definition) is 2. The molecule has 94 valence electrons. The average molecular weight is 253 g/mol.